The van der Waals surface area contributed by atoms with Crippen LogP contribution in [0.5, 0.6) is 5.75 Å². The number of rotatable bonds is 5. The van der Waals surface area contributed by atoms with E-state index in [0.29, 0.717) is 28.6 Å². The Morgan fingerprint density at radius 3 is 2.78 bits per heavy atom. The number of nitrogens with zero attached hydrogens (tertiary/aromatic N) is 1. The molecule has 0 spiro atoms. The van der Waals surface area contributed by atoms with Crippen LogP contribution in [0, 0.1) is 0 Å². The van der Waals surface area contributed by atoms with Crippen LogP contribution in [-0.2, 0) is 22.5 Å². The average molecular weight is 389 g/mol. The predicted octanol–water partition coefficient (Wildman–Crippen LogP) is 3.13. The molecule has 1 amide bonds. The molecule has 0 radical (unpaired) electrons. The zero-order valence-corrected chi connectivity index (χ0v) is 16.0. The first-order valence-electron chi connectivity index (χ1n) is 8.56. The number of carbonyl (C=O) groups excluding carboxylic acids is 2. The average Bonchev–Trinajstić information content (AvgIpc) is 2.67. The quantitative estimate of drug-likeness (QED) is 0.797. The van der Waals surface area contributed by atoms with E-state index in [1.54, 1.807) is 24.3 Å². The third-order valence-corrected chi connectivity index (χ3v) is 4.80. The van der Waals surface area contributed by atoms with Gasteiger partial charge in [0.05, 0.1) is 32.0 Å². The van der Waals surface area contributed by atoms with Crippen LogP contribution in [0.25, 0.3) is 0 Å². The number of carbonyl (C=O) groups is 2. The zero-order chi connectivity index (χ0) is 19.4. The molecule has 6 nitrogen and oxygen atoms in total. The monoisotopic (exact) mass is 388 g/mol. The van der Waals surface area contributed by atoms with Crippen molar-refractivity contribution >= 4 is 29.2 Å². The number of fused-ring (bicyclic) bond motifs is 1. The highest BCUT2D eigenvalue weighted by molar-refractivity contribution is 6.31. The fraction of sp³-hybridized carbons (Fsp3) is 0.300. The van der Waals surface area contributed by atoms with Crippen LogP contribution in [0.4, 0.5) is 5.69 Å². The lowest BCUT2D eigenvalue weighted by molar-refractivity contribution is -0.117. The summed E-state index contributed by atoms with van der Waals surface area (Å²) in [7, 11) is 2.91. The molecule has 1 N–H and O–H groups in total. The number of benzene rings is 2. The van der Waals surface area contributed by atoms with Crippen molar-refractivity contribution in [1.29, 1.82) is 0 Å². The van der Waals surface area contributed by atoms with E-state index in [9.17, 15) is 9.59 Å². The highest BCUT2D eigenvalue weighted by Gasteiger charge is 2.23. The van der Waals surface area contributed by atoms with Gasteiger partial charge in [-0.05, 0) is 41.8 Å². The van der Waals surface area contributed by atoms with E-state index >= 15 is 0 Å². The maximum atomic E-state index is 12.5. The SMILES string of the molecule is COC(=O)c1cccc2c1CN(CC(=O)Nc1cc(Cl)ccc1OC)CC2. The second kappa shape index (κ2) is 8.41. The number of anilines is 1. The minimum atomic E-state index is -0.359. The summed E-state index contributed by atoms with van der Waals surface area (Å²) in [5.41, 5.74) is 3.12. The molecule has 2 aromatic rings. The van der Waals surface area contributed by atoms with Gasteiger partial charge in [0.15, 0.2) is 0 Å². The van der Waals surface area contributed by atoms with Crippen molar-refractivity contribution in [2.24, 2.45) is 0 Å². The molecule has 0 bridgehead atoms. The Bertz CT molecular complexity index is 869. The number of nitrogens with one attached hydrogen (secondary N) is 1. The zero-order valence-electron chi connectivity index (χ0n) is 15.3. The van der Waals surface area contributed by atoms with E-state index in [1.807, 2.05) is 17.0 Å². The fourth-order valence-electron chi connectivity index (χ4n) is 3.24. The summed E-state index contributed by atoms with van der Waals surface area (Å²) in [5.74, 6) is 0.0149. The van der Waals surface area contributed by atoms with Crippen molar-refractivity contribution in [1.82, 2.24) is 4.90 Å². The second-order valence-corrected chi connectivity index (χ2v) is 6.72. The Morgan fingerprint density at radius 2 is 2.04 bits per heavy atom. The summed E-state index contributed by atoms with van der Waals surface area (Å²) >= 11 is 6.01. The number of hydrogen-bond donors (Lipinski definition) is 1. The van der Waals surface area contributed by atoms with Crippen molar-refractivity contribution < 1.29 is 19.1 Å². The van der Waals surface area contributed by atoms with Gasteiger partial charge in [-0.1, -0.05) is 23.7 Å². The standard InChI is InChI=1S/C20H21ClN2O4/c1-26-18-7-6-14(21)10-17(18)22-19(24)12-23-9-8-13-4-3-5-15(16(13)11-23)20(25)27-2/h3-7,10H,8-9,11-12H2,1-2H3,(H,22,24). The molecule has 0 fully saturated rings. The Labute approximate surface area is 163 Å². The molecular weight excluding hydrogens is 368 g/mol. The highest BCUT2D eigenvalue weighted by atomic mass is 35.5. The molecule has 0 aromatic heterocycles. The number of hydrogen-bond acceptors (Lipinski definition) is 5. The number of amides is 1. The van der Waals surface area contributed by atoms with E-state index in [0.717, 1.165) is 24.1 Å². The van der Waals surface area contributed by atoms with Gasteiger partial charge in [0, 0.05) is 18.1 Å². The molecule has 2 aromatic carbocycles. The summed E-state index contributed by atoms with van der Waals surface area (Å²) in [6, 6.07) is 10.7. The van der Waals surface area contributed by atoms with Gasteiger partial charge >= 0.3 is 5.97 Å². The summed E-state index contributed by atoms with van der Waals surface area (Å²) < 4.78 is 10.1. The van der Waals surface area contributed by atoms with Crippen molar-refractivity contribution in [3.05, 3.63) is 58.1 Å². The third kappa shape index (κ3) is 4.40. The van der Waals surface area contributed by atoms with Gasteiger partial charge in [-0.3, -0.25) is 9.69 Å². The number of methoxy groups -OCH3 is 2. The predicted molar refractivity (Wildman–Crippen MR) is 103 cm³/mol. The lowest BCUT2D eigenvalue weighted by Gasteiger charge is -2.29. The number of ether oxygens (including phenoxy) is 2. The van der Waals surface area contributed by atoms with Crippen molar-refractivity contribution in [3.63, 3.8) is 0 Å². The molecular formula is C20H21ClN2O4. The van der Waals surface area contributed by atoms with Crippen LogP contribution in [0.15, 0.2) is 36.4 Å². The molecule has 0 saturated heterocycles. The molecule has 7 heteroatoms. The van der Waals surface area contributed by atoms with Gasteiger partial charge in [-0.25, -0.2) is 4.79 Å². The van der Waals surface area contributed by atoms with Crippen LogP contribution >= 0.6 is 11.6 Å². The molecule has 27 heavy (non-hydrogen) atoms. The summed E-state index contributed by atoms with van der Waals surface area (Å²) in [5, 5.41) is 3.35. The molecule has 1 heterocycles. The first-order chi connectivity index (χ1) is 13.0. The van der Waals surface area contributed by atoms with Crippen molar-refractivity contribution in [3.8, 4) is 5.75 Å². The van der Waals surface area contributed by atoms with E-state index < -0.39 is 0 Å². The van der Waals surface area contributed by atoms with Crippen LogP contribution in [0.1, 0.15) is 21.5 Å². The first-order valence-corrected chi connectivity index (χ1v) is 8.94. The maximum Gasteiger partial charge on any atom is 0.338 e. The van der Waals surface area contributed by atoms with Gasteiger partial charge in [-0.2, -0.15) is 0 Å². The fourth-order valence-corrected chi connectivity index (χ4v) is 3.42. The molecule has 0 saturated carbocycles. The molecule has 1 aliphatic heterocycles. The van der Waals surface area contributed by atoms with Crippen LogP contribution in [0.3, 0.4) is 0 Å². The Hall–Kier alpha value is -2.57. The van der Waals surface area contributed by atoms with Crippen molar-refractivity contribution in [2.75, 3.05) is 32.6 Å². The molecule has 0 unspecified atom stereocenters. The Balaban J connectivity index is 1.71. The smallest absolute Gasteiger partial charge is 0.338 e. The van der Waals surface area contributed by atoms with E-state index in [1.165, 1.54) is 14.2 Å². The summed E-state index contributed by atoms with van der Waals surface area (Å²) in [6.45, 7) is 1.45. The topological polar surface area (TPSA) is 67.9 Å². The normalized spacial score (nSPS) is 13.6. The van der Waals surface area contributed by atoms with Gasteiger partial charge in [0.25, 0.3) is 0 Å². The van der Waals surface area contributed by atoms with Crippen LogP contribution in [0.2, 0.25) is 5.02 Å². The second-order valence-electron chi connectivity index (χ2n) is 6.29. The number of halogens is 1. The minimum absolute atomic E-state index is 0.172. The van der Waals surface area contributed by atoms with Gasteiger partial charge < -0.3 is 14.8 Å². The Morgan fingerprint density at radius 1 is 1.22 bits per heavy atom. The third-order valence-electron chi connectivity index (χ3n) is 4.56. The molecule has 0 atom stereocenters. The van der Waals surface area contributed by atoms with E-state index in [-0.39, 0.29) is 18.4 Å². The Kier molecular flexibility index (Phi) is 5.98. The molecule has 0 aliphatic carbocycles. The summed E-state index contributed by atoms with van der Waals surface area (Å²) in [6.07, 6.45) is 0.772. The molecule has 3 rings (SSSR count). The van der Waals surface area contributed by atoms with E-state index in [2.05, 4.69) is 5.32 Å². The molecule has 142 valence electrons. The van der Waals surface area contributed by atoms with Crippen LogP contribution in [-0.4, -0.2) is 44.1 Å². The number of esters is 1. The van der Waals surface area contributed by atoms with Gasteiger partial charge in [-0.15, -0.1) is 0 Å². The lowest BCUT2D eigenvalue weighted by atomic mass is 9.95. The van der Waals surface area contributed by atoms with Crippen molar-refractivity contribution in [2.45, 2.75) is 13.0 Å². The highest BCUT2D eigenvalue weighted by Crippen LogP contribution is 2.28. The van der Waals surface area contributed by atoms with Gasteiger partial charge in [0.2, 0.25) is 5.91 Å². The first kappa shape index (κ1) is 19.2. The van der Waals surface area contributed by atoms with E-state index in [4.69, 9.17) is 21.1 Å². The van der Waals surface area contributed by atoms with Gasteiger partial charge in [0.1, 0.15) is 5.75 Å². The largest absolute Gasteiger partial charge is 0.495 e. The van der Waals surface area contributed by atoms with Crippen LogP contribution < -0.4 is 10.1 Å². The lowest BCUT2D eigenvalue weighted by Crippen LogP contribution is -2.37. The molecule has 1 aliphatic rings. The maximum absolute atomic E-state index is 12.5. The summed E-state index contributed by atoms with van der Waals surface area (Å²) in [4.78, 5) is 26.5. The minimum Gasteiger partial charge on any atom is -0.495 e.